The summed E-state index contributed by atoms with van der Waals surface area (Å²) < 4.78 is 5.83. The molecule has 1 heterocycles. The Kier molecular flexibility index (Phi) is 3.33. The Morgan fingerprint density at radius 3 is 2.55 bits per heavy atom. The van der Waals surface area contributed by atoms with E-state index >= 15 is 0 Å². The summed E-state index contributed by atoms with van der Waals surface area (Å²) in [6.07, 6.45) is 0. The second-order valence-corrected chi connectivity index (χ2v) is 5.21. The van der Waals surface area contributed by atoms with Crippen molar-refractivity contribution in [2.75, 3.05) is 0 Å². The molecule has 0 aliphatic carbocycles. The van der Waals surface area contributed by atoms with Crippen LogP contribution in [0.1, 0.15) is 11.1 Å². The van der Waals surface area contributed by atoms with Gasteiger partial charge in [0, 0.05) is 16.5 Å². The van der Waals surface area contributed by atoms with Crippen molar-refractivity contribution in [2.24, 2.45) is 0 Å². The van der Waals surface area contributed by atoms with E-state index in [1.54, 1.807) is 0 Å². The van der Waals surface area contributed by atoms with Crippen molar-refractivity contribution in [1.29, 1.82) is 0 Å². The molecular weight excluding hydrogens is 270 g/mol. The quantitative estimate of drug-likeness (QED) is 0.637. The number of benzene rings is 2. The molecule has 0 saturated heterocycles. The van der Waals surface area contributed by atoms with Gasteiger partial charge < -0.3 is 4.74 Å². The summed E-state index contributed by atoms with van der Waals surface area (Å²) in [5.74, 6) is 1.34. The first-order valence-corrected chi connectivity index (χ1v) is 6.82. The van der Waals surface area contributed by atoms with E-state index in [2.05, 4.69) is 18.0 Å². The molecule has 1 aromatic heterocycles. The van der Waals surface area contributed by atoms with Gasteiger partial charge in [-0.1, -0.05) is 29.8 Å². The third kappa shape index (κ3) is 2.47. The molecule has 3 rings (SSSR count). The number of fused-ring (bicyclic) bond motifs is 1. The molecule has 0 aliphatic rings. The van der Waals surface area contributed by atoms with Gasteiger partial charge in [0.05, 0.1) is 5.52 Å². The maximum atomic E-state index is 6.02. The van der Waals surface area contributed by atoms with E-state index in [4.69, 9.17) is 16.3 Å². The molecule has 3 heteroatoms. The highest BCUT2D eigenvalue weighted by atomic mass is 35.5. The van der Waals surface area contributed by atoms with Crippen molar-refractivity contribution in [3.8, 4) is 11.6 Å². The van der Waals surface area contributed by atoms with Gasteiger partial charge in [-0.15, -0.1) is 0 Å². The molecule has 0 bridgehead atoms. The fraction of sp³-hybridized carbons (Fsp3) is 0.118. The highest BCUT2D eigenvalue weighted by Gasteiger charge is 2.05. The number of ether oxygens (including phenoxy) is 1. The van der Waals surface area contributed by atoms with Crippen LogP contribution < -0.4 is 4.74 Å². The van der Waals surface area contributed by atoms with Gasteiger partial charge in [-0.25, -0.2) is 4.98 Å². The predicted octanol–water partition coefficient (Wildman–Crippen LogP) is 5.30. The van der Waals surface area contributed by atoms with Gasteiger partial charge in [0.25, 0.3) is 0 Å². The van der Waals surface area contributed by atoms with Crippen LogP contribution in [-0.4, -0.2) is 4.98 Å². The number of para-hydroxylation sites is 1. The zero-order valence-corrected chi connectivity index (χ0v) is 12.1. The number of aromatic nitrogens is 1. The molecule has 3 aromatic rings. The van der Waals surface area contributed by atoms with Crippen LogP contribution in [0.2, 0.25) is 5.02 Å². The number of hydrogen-bond acceptors (Lipinski definition) is 2. The van der Waals surface area contributed by atoms with E-state index in [-0.39, 0.29) is 0 Å². The Bertz CT molecular complexity index is 783. The smallest absolute Gasteiger partial charge is 0.220 e. The molecule has 0 radical (unpaired) electrons. The number of halogens is 1. The minimum absolute atomic E-state index is 0.600. The monoisotopic (exact) mass is 283 g/mol. The molecule has 0 unspecified atom stereocenters. The third-order valence-electron chi connectivity index (χ3n) is 3.25. The summed E-state index contributed by atoms with van der Waals surface area (Å²) in [6, 6.07) is 15.6. The molecule has 0 saturated carbocycles. The second-order valence-electron chi connectivity index (χ2n) is 4.81. The lowest BCUT2D eigenvalue weighted by atomic mass is 10.1. The first-order valence-electron chi connectivity index (χ1n) is 6.44. The van der Waals surface area contributed by atoms with Gasteiger partial charge in [0.1, 0.15) is 5.75 Å². The zero-order chi connectivity index (χ0) is 14.1. The number of pyridine rings is 1. The van der Waals surface area contributed by atoms with E-state index in [9.17, 15) is 0 Å². The first-order chi connectivity index (χ1) is 9.63. The average molecular weight is 284 g/mol. The topological polar surface area (TPSA) is 22.1 Å². The molecule has 2 aromatic carbocycles. The zero-order valence-electron chi connectivity index (χ0n) is 11.4. The lowest BCUT2D eigenvalue weighted by Crippen LogP contribution is -1.91. The van der Waals surface area contributed by atoms with Gasteiger partial charge in [-0.2, -0.15) is 0 Å². The molecule has 0 atom stereocenters. The van der Waals surface area contributed by atoms with Gasteiger partial charge in [0.15, 0.2) is 0 Å². The maximum absolute atomic E-state index is 6.02. The van der Waals surface area contributed by atoms with E-state index in [1.807, 2.05) is 49.4 Å². The summed E-state index contributed by atoms with van der Waals surface area (Å²) in [4.78, 5) is 4.53. The largest absolute Gasteiger partial charge is 0.439 e. The molecule has 0 N–H and O–H groups in total. The summed E-state index contributed by atoms with van der Waals surface area (Å²) in [7, 11) is 0. The van der Waals surface area contributed by atoms with Crippen molar-refractivity contribution < 1.29 is 4.74 Å². The number of rotatable bonds is 2. The van der Waals surface area contributed by atoms with Crippen LogP contribution >= 0.6 is 11.6 Å². The lowest BCUT2D eigenvalue weighted by molar-refractivity contribution is 0.464. The molecule has 20 heavy (non-hydrogen) atoms. The van der Waals surface area contributed by atoms with E-state index in [0.717, 1.165) is 32.8 Å². The molecule has 0 fully saturated rings. The Morgan fingerprint density at radius 2 is 1.75 bits per heavy atom. The highest BCUT2D eigenvalue weighted by molar-refractivity contribution is 6.31. The fourth-order valence-electron chi connectivity index (χ4n) is 2.17. The molecule has 2 nitrogen and oxygen atoms in total. The Morgan fingerprint density at radius 1 is 0.950 bits per heavy atom. The Balaban J connectivity index is 2.00. The van der Waals surface area contributed by atoms with Crippen molar-refractivity contribution in [3.63, 3.8) is 0 Å². The van der Waals surface area contributed by atoms with Gasteiger partial charge in [-0.05, 0) is 49.2 Å². The number of nitrogens with zero attached hydrogens (tertiary/aromatic N) is 1. The van der Waals surface area contributed by atoms with Gasteiger partial charge in [0.2, 0.25) is 5.88 Å². The third-order valence-corrected chi connectivity index (χ3v) is 3.68. The van der Waals surface area contributed by atoms with E-state index in [0.29, 0.717) is 5.88 Å². The van der Waals surface area contributed by atoms with E-state index in [1.165, 1.54) is 0 Å². The van der Waals surface area contributed by atoms with Crippen LogP contribution in [-0.2, 0) is 0 Å². The Hall–Kier alpha value is -2.06. The summed E-state index contributed by atoms with van der Waals surface area (Å²) in [5, 5.41) is 1.88. The standard InChI is InChI=1S/C17H14ClNO/c1-11-10-17(19-16-6-4-3-5-14(11)16)20-13-7-8-15(18)12(2)9-13/h3-10H,1-2H3. The fourth-order valence-corrected chi connectivity index (χ4v) is 2.29. The molecular formula is C17H14ClNO. The van der Waals surface area contributed by atoms with E-state index < -0.39 is 0 Å². The summed E-state index contributed by atoms with van der Waals surface area (Å²) >= 11 is 6.02. The van der Waals surface area contributed by atoms with Crippen LogP contribution in [0.15, 0.2) is 48.5 Å². The average Bonchev–Trinajstić information content (AvgIpc) is 2.43. The summed E-state index contributed by atoms with van der Waals surface area (Å²) in [6.45, 7) is 4.01. The van der Waals surface area contributed by atoms with Crippen LogP contribution in [0.3, 0.4) is 0 Å². The van der Waals surface area contributed by atoms with Gasteiger partial charge >= 0.3 is 0 Å². The van der Waals surface area contributed by atoms with Crippen molar-refractivity contribution in [3.05, 3.63) is 64.7 Å². The van der Waals surface area contributed by atoms with Crippen LogP contribution in [0.25, 0.3) is 10.9 Å². The normalized spacial score (nSPS) is 10.8. The SMILES string of the molecule is Cc1cc(Oc2cc(C)c3ccccc3n2)ccc1Cl. The Labute approximate surface area is 123 Å². The second kappa shape index (κ2) is 5.14. The molecule has 0 spiro atoms. The molecule has 0 aliphatic heterocycles. The van der Waals surface area contributed by atoms with Crippen LogP contribution in [0.5, 0.6) is 11.6 Å². The first kappa shape index (κ1) is 12.9. The molecule has 0 amide bonds. The minimum Gasteiger partial charge on any atom is -0.439 e. The highest BCUT2D eigenvalue weighted by Crippen LogP contribution is 2.27. The molecule has 100 valence electrons. The van der Waals surface area contributed by atoms with Crippen molar-refractivity contribution in [2.45, 2.75) is 13.8 Å². The van der Waals surface area contributed by atoms with Crippen LogP contribution in [0.4, 0.5) is 0 Å². The predicted molar refractivity (Wildman–Crippen MR) is 82.7 cm³/mol. The number of hydrogen-bond donors (Lipinski definition) is 0. The van der Waals surface area contributed by atoms with Crippen molar-refractivity contribution in [1.82, 2.24) is 4.98 Å². The van der Waals surface area contributed by atoms with Crippen molar-refractivity contribution >= 4 is 22.5 Å². The number of aryl methyl sites for hydroxylation is 2. The lowest BCUT2D eigenvalue weighted by Gasteiger charge is -2.09. The van der Waals surface area contributed by atoms with Crippen LogP contribution in [0, 0.1) is 13.8 Å². The van der Waals surface area contributed by atoms with Gasteiger partial charge in [-0.3, -0.25) is 0 Å². The summed E-state index contributed by atoms with van der Waals surface area (Å²) in [5.41, 5.74) is 3.08. The maximum Gasteiger partial charge on any atom is 0.220 e. The minimum atomic E-state index is 0.600.